The van der Waals surface area contributed by atoms with Crippen molar-refractivity contribution in [1.29, 1.82) is 0 Å². The van der Waals surface area contributed by atoms with E-state index in [4.69, 9.17) is 14.2 Å². The third-order valence-electron chi connectivity index (χ3n) is 4.05. The van der Waals surface area contributed by atoms with Crippen LogP contribution in [0.3, 0.4) is 0 Å². The Bertz CT molecular complexity index is 660. The molecule has 0 fully saturated rings. The van der Waals surface area contributed by atoms with Crippen LogP contribution in [0, 0.1) is 5.92 Å². The average molecular weight is 376 g/mol. The number of hydrogen-bond acceptors (Lipinski definition) is 5. The Kier molecular flexibility index (Phi) is 7.98. The lowest BCUT2D eigenvalue weighted by atomic mass is 10.1. The number of allylic oxidation sites excluding steroid dienone is 2. The number of carbonyl (C=O) groups is 2. The van der Waals surface area contributed by atoms with Crippen molar-refractivity contribution in [3.63, 3.8) is 0 Å². The van der Waals surface area contributed by atoms with Crippen LogP contribution >= 0.6 is 0 Å². The van der Waals surface area contributed by atoms with E-state index in [2.05, 4.69) is 16.9 Å². The topological polar surface area (TPSA) is 85.9 Å². The van der Waals surface area contributed by atoms with Crippen LogP contribution in [0.4, 0.5) is 0 Å². The smallest absolute Gasteiger partial charge is 0.269 e. The van der Waals surface area contributed by atoms with Gasteiger partial charge in [-0.3, -0.25) is 20.4 Å². The molecule has 2 amide bonds. The summed E-state index contributed by atoms with van der Waals surface area (Å²) in [5.41, 5.74) is 5.23. The van der Waals surface area contributed by atoms with E-state index in [1.165, 1.54) is 0 Å². The third kappa shape index (κ3) is 5.91. The van der Waals surface area contributed by atoms with Crippen molar-refractivity contribution in [2.24, 2.45) is 5.92 Å². The first-order valence-corrected chi connectivity index (χ1v) is 9.41. The molecule has 27 heavy (non-hydrogen) atoms. The molecule has 1 aliphatic carbocycles. The van der Waals surface area contributed by atoms with Crippen LogP contribution in [-0.2, 0) is 4.79 Å². The lowest BCUT2D eigenvalue weighted by molar-refractivity contribution is -0.122. The van der Waals surface area contributed by atoms with Crippen LogP contribution in [0.1, 0.15) is 50.4 Å². The monoisotopic (exact) mass is 376 g/mol. The molecule has 7 heteroatoms. The zero-order valence-electron chi connectivity index (χ0n) is 16.2. The van der Waals surface area contributed by atoms with Gasteiger partial charge in [0.2, 0.25) is 11.7 Å². The summed E-state index contributed by atoms with van der Waals surface area (Å²) in [5, 5.41) is 0. The highest BCUT2D eigenvalue weighted by Gasteiger charge is 2.19. The summed E-state index contributed by atoms with van der Waals surface area (Å²) in [6.45, 7) is 6.84. The molecule has 148 valence electrons. The van der Waals surface area contributed by atoms with Gasteiger partial charge in [-0.25, -0.2) is 0 Å². The number of rotatable bonds is 9. The molecule has 0 saturated carbocycles. The van der Waals surface area contributed by atoms with Gasteiger partial charge in [0.15, 0.2) is 11.5 Å². The lowest BCUT2D eigenvalue weighted by Gasteiger charge is -2.17. The molecule has 2 rings (SSSR count). The van der Waals surface area contributed by atoms with E-state index in [1.54, 1.807) is 12.1 Å². The van der Waals surface area contributed by atoms with Gasteiger partial charge >= 0.3 is 0 Å². The minimum atomic E-state index is -0.449. The maximum Gasteiger partial charge on any atom is 0.269 e. The maximum absolute atomic E-state index is 12.5. The zero-order chi connectivity index (χ0) is 19.6. The van der Waals surface area contributed by atoms with E-state index in [9.17, 15) is 9.59 Å². The summed E-state index contributed by atoms with van der Waals surface area (Å²) in [4.78, 5) is 24.5. The van der Waals surface area contributed by atoms with Crippen LogP contribution in [0.2, 0.25) is 0 Å². The van der Waals surface area contributed by atoms with Gasteiger partial charge in [-0.15, -0.1) is 0 Å². The molecule has 7 nitrogen and oxygen atoms in total. The molecule has 0 bridgehead atoms. The van der Waals surface area contributed by atoms with Gasteiger partial charge in [0.1, 0.15) is 0 Å². The van der Waals surface area contributed by atoms with E-state index in [0.717, 1.165) is 12.8 Å². The normalized spacial score (nSPS) is 15.3. The van der Waals surface area contributed by atoms with E-state index in [-0.39, 0.29) is 11.8 Å². The Morgan fingerprint density at radius 3 is 2.15 bits per heavy atom. The van der Waals surface area contributed by atoms with Crippen molar-refractivity contribution in [3.8, 4) is 17.2 Å². The number of carbonyl (C=O) groups excluding carboxylic acids is 2. The molecule has 0 heterocycles. The van der Waals surface area contributed by atoms with E-state index in [1.807, 2.05) is 26.8 Å². The fourth-order valence-corrected chi connectivity index (χ4v) is 2.87. The quantitative estimate of drug-likeness (QED) is 0.511. The van der Waals surface area contributed by atoms with Crippen LogP contribution in [0.15, 0.2) is 24.3 Å². The summed E-state index contributed by atoms with van der Waals surface area (Å²) in [5.74, 6) is 0.892. The Hall–Kier alpha value is -2.70. The SMILES string of the molecule is CCOc1cc(C(=O)NNC(=O)C[C@H]2C=CCC2)cc(OCC)c1OCC. The van der Waals surface area contributed by atoms with E-state index < -0.39 is 5.91 Å². The summed E-state index contributed by atoms with van der Waals surface area (Å²) in [6, 6.07) is 3.16. The summed E-state index contributed by atoms with van der Waals surface area (Å²) in [7, 11) is 0. The standard InChI is InChI=1S/C20H28N2O5/c1-4-25-16-12-15(13-17(26-5-2)19(16)27-6-3)20(24)22-21-18(23)11-14-9-7-8-10-14/h7,9,12-14H,4-6,8,10-11H2,1-3H3,(H,21,23)(H,22,24)/t14-/m0/s1. The molecule has 0 aromatic heterocycles. The highest BCUT2D eigenvalue weighted by Crippen LogP contribution is 2.39. The summed E-state index contributed by atoms with van der Waals surface area (Å²) < 4.78 is 16.8. The lowest BCUT2D eigenvalue weighted by Crippen LogP contribution is -2.42. The van der Waals surface area contributed by atoms with Gasteiger partial charge in [-0.05, 0) is 51.7 Å². The van der Waals surface area contributed by atoms with Gasteiger partial charge in [0.05, 0.1) is 19.8 Å². The molecule has 1 atom stereocenters. The predicted octanol–water partition coefficient (Wildman–Crippen LogP) is 3.00. The first-order chi connectivity index (χ1) is 13.1. The second-order valence-corrected chi connectivity index (χ2v) is 6.07. The van der Waals surface area contributed by atoms with E-state index in [0.29, 0.717) is 49.1 Å². The average Bonchev–Trinajstić information content (AvgIpc) is 3.15. The molecule has 0 saturated heterocycles. The van der Waals surface area contributed by atoms with Gasteiger partial charge < -0.3 is 14.2 Å². The van der Waals surface area contributed by atoms with Crippen LogP contribution in [-0.4, -0.2) is 31.6 Å². The molecular weight excluding hydrogens is 348 g/mol. The second kappa shape index (κ2) is 10.4. The molecule has 0 aliphatic heterocycles. The highest BCUT2D eigenvalue weighted by atomic mass is 16.5. The molecular formula is C20H28N2O5. The Morgan fingerprint density at radius 1 is 1.00 bits per heavy atom. The molecule has 1 aromatic rings. The molecule has 0 unspecified atom stereocenters. The van der Waals surface area contributed by atoms with Gasteiger partial charge in [-0.2, -0.15) is 0 Å². The number of amides is 2. The van der Waals surface area contributed by atoms with Crippen molar-refractivity contribution >= 4 is 11.8 Å². The molecule has 0 spiro atoms. The van der Waals surface area contributed by atoms with Gasteiger partial charge in [-0.1, -0.05) is 12.2 Å². The van der Waals surface area contributed by atoms with Crippen molar-refractivity contribution in [2.45, 2.75) is 40.0 Å². The minimum Gasteiger partial charge on any atom is -0.490 e. The van der Waals surface area contributed by atoms with Gasteiger partial charge in [0, 0.05) is 12.0 Å². The Balaban J connectivity index is 2.09. The number of hydrazine groups is 1. The minimum absolute atomic E-state index is 0.221. The second-order valence-electron chi connectivity index (χ2n) is 6.07. The van der Waals surface area contributed by atoms with Crippen molar-refractivity contribution < 1.29 is 23.8 Å². The van der Waals surface area contributed by atoms with Crippen molar-refractivity contribution in [2.75, 3.05) is 19.8 Å². The summed E-state index contributed by atoms with van der Waals surface area (Å²) in [6.07, 6.45) is 6.43. The predicted molar refractivity (Wildman–Crippen MR) is 102 cm³/mol. The number of ether oxygens (including phenoxy) is 3. The fourth-order valence-electron chi connectivity index (χ4n) is 2.87. The third-order valence-corrected chi connectivity index (χ3v) is 4.05. The Labute approximate surface area is 160 Å². The highest BCUT2D eigenvalue weighted by molar-refractivity contribution is 5.96. The number of hydrogen-bond donors (Lipinski definition) is 2. The van der Waals surface area contributed by atoms with Gasteiger partial charge in [0.25, 0.3) is 5.91 Å². The van der Waals surface area contributed by atoms with E-state index >= 15 is 0 Å². The van der Waals surface area contributed by atoms with Crippen LogP contribution in [0.25, 0.3) is 0 Å². The Morgan fingerprint density at radius 2 is 1.63 bits per heavy atom. The first-order valence-electron chi connectivity index (χ1n) is 9.41. The molecule has 1 aliphatic rings. The fraction of sp³-hybridized carbons (Fsp3) is 0.500. The summed E-state index contributed by atoms with van der Waals surface area (Å²) >= 11 is 0. The van der Waals surface area contributed by atoms with Crippen LogP contribution in [0.5, 0.6) is 17.2 Å². The van der Waals surface area contributed by atoms with Crippen molar-refractivity contribution in [1.82, 2.24) is 10.9 Å². The maximum atomic E-state index is 12.5. The van der Waals surface area contributed by atoms with Crippen LogP contribution < -0.4 is 25.1 Å². The van der Waals surface area contributed by atoms with Crippen molar-refractivity contribution in [3.05, 3.63) is 29.8 Å². The zero-order valence-corrected chi connectivity index (χ0v) is 16.2. The number of benzene rings is 1. The molecule has 0 radical (unpaired) electrons. The largest absolute Gasteiger partial charge is 0.490 e. The molecule has 1 aromatic carbocycles. The first kappa shape index (κ1) is 20.6. The number of nitrogens with one attached hydrogen (secondary N) is 2. The molecule has 2 N–H and O–H groups in total.